The average Bonchev–Trinajstić information content (AvgIpc) is 2.84. The molecular weight excluding hydrogens is 271 g/mol. The van der Waals surface area contributed by atoms with Crippen molar-refractivity contribution in [3.05, 3.63) is 76.2 Å². The molecule has 0 unspecified atom stereocenters. The second kappa shape index (κ2) is 5.20. The van der Waals surface area contributed by atoms with Crippen molar-refractivity contribution in [2.24, 2.45) is 0 Å². The van der Waals surface area contributed by atoms with Gasteiger partial charge in [-0.15, -0.1) is 0 Å². The fraction of sp³-hybridized carbons (Fsp3) is 0. The zero-order valence-corrected chi connectivity index (χ0v) is 10.9. The van der Waals surface area contributed by atoms with Crippen molar-refractivity contribution in [3.8, 4) is 11.3 Å². The van der Waals surface area contributed by atoms with E-state index in [4.69, 9.17) is 0 Å². The van der Waals surface area contributed by atoms with Crippen LogP contribution in [0.4, 0.5) is 4.39 Å². The van der Waals surface area contributed by atoms with Gasteiger partial charge in [-0.2, -0.15) is 0 Å². The summed E-state index contributed by atoms with van der Waals surface area (Å²) in [6.07, 6.45) is 2.36. The first-order valence-electron chi connectivity index (χ1n) is 6.33. The van der Waals surface area contributed by atoms with E-state index in [1.54, 1.807) is 12.1 Å². The van der Waals surface area contributed by atoms with Crippen molar-refractivity contribution in [2.45, 2.75) is 0 Å². The molecule has 5 heteroatoms. The van der Waals surface area contributed by atoms with Crippen LogP contribution in [0.5, 0.6) is 0 Å². The van der Waals surface area contributed by atoms with Crippen LogP contribution in [0.25, 0.3) is 28.2 Å². The number of benzene rings is 2. The van der Waals surface area contributed by atoms with Crippen LogP contribution in [-0.4, -0.2) is 9.91 Å². The summed E-state index contributed by atoms with van der Waals surface area (Å²) < 4.78 is 13.0. The number of nitrogens with one attached hydrogen (secondary N) is 1. The van der Waals surface area contributed by atoms with E-state index in [1.807, 2.05) is 24.3 Å². The zero-order chi connectivity index (χ0) is 14.8. The molecule has 0 fully saturated rings. The van der Waals surface area contributed by atoms with Crippen LogP contribution >= 0.6 is 0 Å². The highest BCUT2D eigenvalue weighted by Crippen LogP contribution is 2.31. The number of para-hydroxylation sites is 1. The van der Waals surface area contributed by atoms with Gasteiger partial charge in [0.15, 0.2) is 0 Å². The number of aromatic nitrogens is 1. The molecule has 0 amide bonds. The summed E-state index contributed by atoms with van der Waals surface area (Å²) in [7, 11) is 0. The first kappa shape index (κ1) is 13.1. The maximum absolute atomic E-state index is 13.0. The number of nitrogens with zero attached hydrogens (tertiary/aromatic N) is 1. The predicted molar refractivity (Wildman–Crippen MR) is 79.7 cm³/mol. The minimum absolute atomic E-state index is 0.322. The molecule has 0 saturated carbocycles. The molecule has 104 valence electrons. The van der Waals surface area contributed by atoms with E-state index in [0.717, 1.165) is 28.4 Å². The lowest BCUT2D eigenvalue weighted by Gasteiger charge is -2.00. The van der Waals surface area contributed by atoms with Gasteiger partial charge >= 0.3 is 0 Å². The standard InChI is InChI=1S/C16H11FN2O2/c17-12-7-5-11(6-8-12)16-14(9-10-19(20)21)13-3-1-2-4-15(13)18-16/h1-10,18H/b10-9+. The number of hydrogen-bond acceptors (Lipinski definition) is 2. The number of rotatable bonds is 3. The lowest BCUT2D eigenvalue weighted by atomic mass is 10.1. The Morgan fingerprint density at radius 3 is 2.52 bits per heavy atom. The molecule has 1 heterocycles. The van der Waals surface area contributed by atoms with E-state index < -0.39 is 4.92 Å². The quantitative estimate of drug-likeness (QED) is 0.577. The van der Waals surface area contributed by atoms with Crippen LogP contribution in [0, 0.1) is 15.9 Å². The van der Waals surface area contributed by atoms with Crippen LogP contribution in [0.15, 0.2) is 54.7 Å². The Bertz CT molecular complexity index is 835. The predicted octanol–water partition coefficient (Wildman–Crippen LogP) is 4.22. The minimum Gasteiger partial charge on any atom is -0.354 e. The number of fused-ring (bicyclic) bond motifs is 1. The van der Waals surface area contributed by atoms with Crippen molar-refractivity contribution >= 4 is 17.0 Å². The summed E-state index contributed by atoms with van der Waals surface area (Å²) in [6, 6.07) is 13.5. The Hall–Kier alpha value is -2.95. The number of H-pyrrole nitrogens is 1. The fourth-order valence-electron chi connectivity index (χ4n) is 2.32. The number of halogens is 1. The molecule has 0 bridgehead atoms. The smallest absolute Gasteiger partial charge is 0.235 e. The Labute approximate surface area is 119 Å². The normalized spacial score (nSPS) is 11.3. The maximum Gasteiger partial charge on any atom is 0.235 e. The van der Waals surface area contributed by atoms with Crippen LogP contribution < -0.4 is 0 Å². The number of aromatic amines is 1. The van der Waals surface area contributed by atoms with Crippen LogP contribution in [-0.2, 0) is 0 Å². The summed E-state index contributed by atoms with van der Waals surface area (Å²) in [4.78, 5) is 13.3. The largest absolute Gasteiger partial charge is 0.354 e. The van der Waals surface area contributed by atoms with Crippen molar-refractivity contribution in [3.63, 3.8) is 0 Å². The SMILES string of the molecule is O=[N+]([O-])/C=C/c1c(-c2ccc(F)cc2)[nH]c2ccccc12. The van der Waals surface area contributed by atoms with Crippen molar-refractivity contribution in [2.75, 3.05) is 0 Å². The van der Waals surface area contributed by atoms with E-state index in [1.165, 1.54) is 18.2 Å². The lowest BCUT2D eigenvalue weighted by molar-refractivity contribution is -0.400. The van der Waals surface area contributed by atoms with Gasteiger partial charge in [0.1, 0.15) is 5.82 Å². The number of nitro groups is 1. The molecule has 0 aliphatic carbocycles. The van der Waals surface area contributed by atoms with E-state index in [2.05, 4.69) is 4.98 Å². The van der Waals surface area contributed by atoms with Gasteiger partial charge < -0.3 is 4.98 Å². The molecule has 21 heavy (non-hydrogen) atoms. The Kier molecular flexibility index (Phi) is 3.23. The molecule has 3 rings (SSSR count). The molecule has 0 spiro atoms. The van der Waals surface area contributed by atoms with Gasteiger partial charge in [0, 0.05) is 22.5 Å². The number of hydrogen-bond donors (Lipinski definition) is 1. The summed E-state index contributed by atoms with van der Waals surface area (Å²) in [5.74, 6) is -0.322. The van der Waals surface area contributed by atoms with Crippen molar-refractivity contribution < 1.29 is 9.31 Å². The zero-order valence-electron chi connectivity index (χ0n) is 10.9. The highest BCUT2D eigenvalue weighted by atomic mass is 19.1. The van der Waals surface area contributed by atoms with Gasteiger partial charge in [-0.1, -0.05) is 18.2 Å². The van der Waals surface area contributed by atoms with Crippen molar-refractivity contribution in [1.82, 2.24) is 4.98 Å². The van der Waals surface area contributed by atoms with Crippen LogP contribution in [0.2, 0.25) is 0 Å². The van der Waals surface area contributed by atoms with Gasteiger partial charge in [-0.25, -0.2) is 4.39 Å². The van der Waals surface area contributed by atoms with Gasteiger partial charge in [0.25, 0.3) is 0 Å². The Morgan fingerprint density at radius 2 is 1.81 bits per heavy atom. The summed E-state index contributed by atoms with van der Waals surface area (Å²) >= 11 is 0. The third-order valence-electron chi connectivity index (χ3n) is 3.24. The average molecular weight is 282 g/mol. The van der Waals surface area contributed by atoms with E-state index in [-0.39, 0.29) is 5.82 Å². The molecule has 4 nitrogen and oxygen atoms in total. The third-order valence-corrected chi connectivity index (χ3v) is 3.24. The molecule has 0 aliphatic rings. The summed E-state index contributed by atoms with van der Waals surface area (Å²) in [5.41, 5.74) is 3.10. The fourth-order valence-corrected chi connectivity index (χ4v) is 2.32. The minimum atomic E-state index is -0.504. The summed E-state index contributed by atoms with van der Waals surface area (Å²) in [6.45, 7) is 0. The van der Waals surface area contributed by atoms with Gasteiger partial charge in [-0.3, -0.25) is 10.1 Å². The maximum atomic E-state index is 13.0. The molecule has 1 N–H and O–H groups in total. The molecule has 2 aromatic carbocycles. The molecular formula is C16H11FN2O2. The van der Waals surface area contributed by atoms with Crippen LogP contribution in [0.1, 0.15) is 5.56 Å². The second-order valence-corrected chi connectivity index (χ2v) is 4.57. The molecule has 3 aromatic rings. The molecule has 1 aromatic heterocycles. The monoisotopic (exact) mass is 282 g/mol. The molecule has 0 radical (unpaired) electrons. The first-order valence-corrected chi connectivity index (χ1v) is 6.33. The first-order chi connectivity index (χ1) is 10.1. The van der Waals surface area contributed by atoms with E-state index >= 15 is 0 Å². The van der Waals surface area contributed by atoms with Crippen molar-refractivity contribution in [1.29, 1.82) is 0 Å². The van der Waals surface area contributed by atoms with Gasteiger partial charge in [0.2, 0.25) is 6.20 Å². The highest BCUT2D eigenvalue weighted by molar-refractivity contribution is 5.96. The second-order valence-electron chi connectivity index (χ2n) is 4.57. The van der Waals surface area contributed by atoms with Crippen LogP contribution in [0.3, 0.4) is 0 Å². The van der Waals surface area contributed by atoms with E-state index in [0.29, 0.717) is 5.56 Å². The Balaban J connectivity index is 2.23. The highest BCUT2D eigenvalue weighted by Gasteiger charge is 2.11. The third kappa shape index (κ3) is 2.53. The van der Waals surface area contributed by atoms with E-state index in [9.17, 15) is 14.5 Å². The topological polar surface area (TPSA) is 58.9 Å². The lowest BCUT2D eigenvalue weighted by Crippen LogP contribution is -1.85. The van der Waals surface area contributed by atoms with Gasteiger partial charge in [0.05, 0.1) is 10.6 Å². The Morgan fingerprint density at radius 1 is 1.10 bits per heavy atom. The molecule has 0 aliphatic heterocycles. The molecule has 0 saturated heterocycles. The summed E-state index contributed by atoms with van der Waals surface area (Å²) in [5, 5.41) is 11.5. The van der Waals surface area contributed by atoms with Gasteiger partial charge in [-0.05, 0) is 35.9 Å². The molecule has 0 atom stereocenters.